The van der Waals surface area contributed by atoms with Crippen molar-refractivity contribution in [1.29, 1.82) is 0 Å². The van der Waals surface area contributed by atoms with Gasteiger partial charge in [-0.15, -0.1) is 0 Å². The van der Waals surface area contributed by atoms with Gasteiger partial charge in [0, 0.05) is 12.1 Å². The van der Waals surface area contributed by atoms with Crippen molar-refractivity contribution in [1.82, 2.24) is 4.90 Å². The topological polar surface area (TPSA) is 46.6 Å². The minimum absolute atomic E-state index is 0.0941. The molecule has 0 N–H and O–H groups in total. The van der Waals surface area contributed by atoms with E-state index < -0.39 is 11.6 Å². The smallest absolute Gasteiger partial charge is 0.329 e. The maximum atomic E-state index is 12.6. The molecule has 1 aliphatic rings. The highest BCUT2D eigenvalue weighted by atomic mass is 16.6. The molecular formula is C17H23NO3. The van der Waals surface area contributed by atoms with Crippen LogP contribution in [0.4, 0.5) is 0 Å². The van der Waals surface area contributed by atoms with Gasteiger partial charge in [0.25, 0.3) is 5.91 Å². The Bertz CT molecular complexity index is 528. The summed E-state index contributed by atoms with van der Waals surface area (Å²) in [7, 11) is 0. The van der Waals surface area contributed by atoms with Gasteiger partial charge in [0.1, 0.15) is 11.6 Å². The molecule has 1 fully saturated rings. The fourth-order valence-corrected chi connectivity index (χ4v) is 2.49. The second-order valence-corrected chi connectivity index (χ2v) is 6.56. The Morgan fingerprint density at radius 3 is 2.38 bits per heavy atom. The number of amides is 1. The summed E-state index contributed by atoms with van der Waals surface area (Å²) in [6.07, 6.45) is 1.51. The van der Waals surface area contributed by atoms with Gasteiger partial charge < -0.3 is 9.64 Å². The predicted octanol–water partition coefficient (Wildman–Crippen LogP) is 2.94. The second-order valence-electron chi connectivity index (χ2n) is 6.56. The number of esters is 1. The van der Waals surface area contributed by atoms with E-state index in [0.717, 1.165) is 12.0 Å². The molecule has 0 aliphatic carbocycles. The van der Waals surface area contributed by atoms with Crippen LogP contribution >= 0.6 is 0 Å². The van der Waals surface area contributed by atoms with Crippen molar-refractivity contribution in [2.24, 2.45) is 0 Å². The van der Waals surface area contributed by atoms with E-state index in [-0.39, 0.29) is 11.9 Å². The third-order valence-electron chi connectivity index (χ3n) is 3.49. The number of carbonyl (C=O) groups excluding carboxylic acids is 2. The Morgan fingerprint density at radius 2 is 1.81 bits per heavy atom. The molecule has 1 amide bonds. The summed E-state index contributed by atoms with van der Waals surface area (Å²) in [4.78, 5) is 26.4. The van der Waals surface area contributed by atoms with Gasteiger partial charge in [-0.05, 0) is 52.7 Å². The highest BCUT2D eigenvalue weighted by Crippen LogP contribution is 2.23. The Hall–Kier alpha value is -1.84. The molecule has 1 atom stereocenters. The number of hydrogen-bond acceptors (Lipinski definition) is 3. The Labute approximate surface area is 126 Å². The van der Waals surface area contributed by atoms with Crippen LogP contribution in [0.2, 0.25) is 0 Å². The van der Waals surface area contributed by atoms with Crippen LogP contribution < -0.4 is 0 Å². The number of rotatable bonds is 2. The number of benzene rings is 1. The molecule has 2 rings (SSSR count). The van der Waals surface area contributed by atoms with E-state index in [2.05, 4.69) is 0 Å². The Kier molecular flexibility index (Phi) is 4.35. The SMILES string of the molecule is Cc1ccc(C(=O)N2CCC[C@@H]2C(=O)OC(C)(C)C)cc1. The van der Waals surface area contributed by atoms with E-state index in [1.165, 1.54) is 0 Å². The monoisotopic (exact) mass is 289 g/mol. The standard InChI is InChI=1S/C17H23NO3/c1-12-7-9-13(10-8-12)15(19)18-11-5-6-14(18)16(20)21-17(2,3)4/h7-10,14H,5-6,11H2,1-4H3/t14-/m1/s1. The van der Waals surface area contributed by atoms with Gasteiger partial charge in [0.15, 0.2) is 0 Å². The largest absolute Gasteiger partial charge is 0.458 e. The zero-order valence-corrected chi connectivity index (χ0v) is 13.2. The van der Waals surface area contributed by atoms with Crippen molar-refractivity contribution >= 4 is 11.9 Å². The number of likely N-dealkylation sites (tertiary alicyclic amines) is 1. The molecular weight excluding hydrogens is 266 g/mol. The first-order valence-corrected chi connectivity index (χ1v) is 7.38. The van der Waals surface area contributed by atoms with Crippen molar-refractivity contribution in [2.75, 3.05) is 6.54 Å². The third-order valence-corrected chi connectivity index (χ3v) is 3.49. The van der Waals surface area contributed by atoms with Gasteiger partial charge in [-0.2, -0.15) is 0 Å². The fraction of sp³-hybridized carbons (Fsp3) is 0.529. The number of aryl methyl sites for hydroxylation is 1. The van der Waals surface area contributed by atoms with Crippen molar-refractivity contribution in [2.45, 2.75) is 52.2 Å². The molecule has 0 bridgehead atoms. The number of nitrogens with zero attached hydrogens (tertiary/aromatic N) is 1. The van der Waals surface area contributed by atoms with Gasteiger partial charge in [0.2, 0.25) is 0 Å². The third kappa shape index (κ3) is 3.84. The van der Waals surface area contributed by atoms with Gasteiger partial charge in [-0.1, -0.05) is 17.7 Å². The number of ether oxygens (including phenoxy) is 1. The lowest BCUT2D eigenvalue weighted by Crippen LogP contribution is -2.43. The summed E-state index contributed by atoms with van der Waals surface area (Å²) >= 11 is 0. The molecule has 1 heterocycles. The average molecular weight is 289 g/mol. The molecule has 0 radical (unpaired) electrons. The van der Waals surface area contributed by atoms with Crippen LogP contribution in [0.5, 0.6) is 0 Å². The normalized spacial score (nSPS) is 18.7. The predicted molar refractivity (Wildman–Crippen MR) is 81.1 cm³/mol. The lowest BCUT2D eigenvalue weighted by atomic mass is 10.1. The van der Waals surface area contributed by atoms with E-state index in [1.54, 1.807) is 4.90 Å². The molecule has 0 spiro atoms. The molecule has 4 heteroatoms. The second kappa shape index (κ2) is 5.88. The summed E-state index contributed by atoms with van der Waals surface area (Å²) in [6, 6.07) is 6.97. The first-order valence-electron chi connectivity index (χ1n) is 7.38. The summed E-state index contributed by atoms with van der Waals surface area (Å²) in [6.45, 7) is 8.11. The quantitative estimate of drug-likeness (QED) is 0.786. The zero-order valence-electron chi connectivity index (χ0n) is 13.2. The van der Waals surface area contributed by atoms with Crippen LogP contribution in [0.3, 0.4) is 0 Å². The maximum Gasteiger partial charge on any atom is 0.329 e. The minimum Gasteiger partial charge on any atom is -0.458 e. The van der Waals surface area contributed by atoms with Crippen molar-refractivity contribution in [3.8, 4) is 0 Å². The van der Waals surface area contributed by atoms with E-state index in [1.807, 2.05) is 52.0 Å². The number of carbonyl (C=O) groups is 2. The molecule has 1 aromatic carbocycles. The molecule has 1 aliphatic heterocycles. The van der Waals surface area contributed by atoms with Crippen molar-refractivity contribution in [3.63, 3.8) is 0 Å². The summed E-state index contributed by atoms with van der Waals surface area (Å²) in [5.74, 6) is -0.399. The molecule has 0 unspecified atom stereocenters. The van der Waals surface area contributed by atoms with Crippen LogP contribution in [-0.4, -0.2) is 35.0 Å². The molecule has 114 valence electrons. The minimum atomic E-state index is -0.530. The van der Waals surface area contributed by atoms with Crippen LogP contribution in [0.25, 0.3) is 0 Å². The average Bonchev–Trinajstić information content (AvgIpc) is 2.86. The maximum absolute atomic E-state index is 12.6. The van der Waals surface area contributed by atoms with Gasteiger partial charge in [0.05, 0.1) is 0 Å². The molecule has 21 heavy (non-hydrogen) atoms. The zero-order chi connectivity index (χ0) is 15.6. The summed E-state index contributed by atoms with van der Waals surface area (Å²) in [5.41, 5.74) is 1.20. The Morgan fingerprint density at radius 1 is 1.19 bits per heavy atom. The lowest BCUT2D eigenvalue weighted by molar-refractivity contribution is -0.159. The van der Waals surface area contributed by atoms with E-state index in [0.29, 0.717) is 18.5 Å². The first-order chi connectivity index (χ1) is 9.78. The van der Waals surface area contributed by atoms with Crippen LogP contribution in [-0.2, 0) is 9.53 Å². The van der Waals surface area contributed by atoms with Crippen LogP contribution in [0.1, 0.15) is 49.5 Å². The first kappa shape index (κ1) is 15.5. The van der Waals surface area contributed by atoms with Gasteiger partial charge >= 0.3 is 5.97 Å². The number of hydrogen-bond donors (Lipinski definition) is 0. The summed E-state index contributed by atoms with van der Waals surface area (Å²) < 4.78 is 5.42. The highest BCUT2D eigenvalue weighted by Gasteiger charge is 2.37. The molecule has 0 saturated carbocycles. The van der Waals surface area contributed by atoms with E-state index in [4.69, 9.17) is 4.74 Å². The molecule has 4 nitrogen and oxygen atoms in total. The van der Waals surface area contributed by atoms with Crippen LogP contribution in [0, 0.1) is 6.92 Å². The van der Waals surface area contributed by atoms with Gasteiger partial charge in [-0.25, -0.2) is 4.79 Å². The molecule has 1 aromatic rings. The lowest BCUT2D eigenvalue weighted by Gasteiger charge is -2.27. The van der Waals surface area contributed by atoms with Crippen molar-refractivity contribution < 1.29 is 14.3 Å². The highest BCUT2D eigenvalue weighted by molar-refractivity contribution is 5.97. The van der Waals surface area contributed by atoms with Crippen molar-refractivity contribution in [3.05, 3.63) is 35.4 Å². The van der Waals surface area contributed by atoms with E-state index >= 15 is 0 Å². The molecule has 0 aromatic heterocycles. The Balaban J connectivity index is 2.13. The van der Waals surface area contributed by atoms with Crippen LogP contribution in [0.15, 0.2) is 24.3 Å². The summed E-state index contributed by atoms with van der Waals surface area (Å²) in [5, 5.41) is 0. The van der Waals surface area contributed by atoms with Gasteiger partial charge in [-0.3, -0.25) is 4.79 Å². The fourth-order valence-electron chi connectivity index (χ4n) is 2.49. The molecule has 1 saturated heterocycles. The van der Waals surface area contributed by atoms with E-state index in [9.17, 15) is 9.59 Å².